The molecule has 1 aliphatic carbocycles. The number of Topliss-reactive ketones (excluding diaryl/α,β-unsaturated/α-hetero) is 3. The number of likely N-dealkylation sites (N-methyl/N-ethyl adjacent to an activating group) is 1. The molecule has 1 aromatic heterocycles. The number of nitrogens with two attached hydrogens (primary N) is 3. The lowest BCUT2D eigenvalue weighted by atomic mass is 9.88. The van der Waals surface area contributed by atoms with Gasteiger partial charge >= 0.3 is 0 Å². The zero-order valence-corrected chi connectivity index (χ0v) is 42.8. The minimum atomic E-state index is -4.21. The van der Waals surface area contributed by atoms with E-state index in [1.54, 1.807) is 50.2 Å². The number of nitrogens with one attached hydrogen (secondary N) is 2. The van der Waals surface area contributed by atoms with Crippen molar-refractivity contribution in [3.05, 3.63) is 88.7 Å². The Morgan fingerprint density at radius 1 is 0.904 bits per heavy atom. The summed E-state index contributed by atoms with van der Waals surface area (Å²) in [7, 11) is -2.81. The highest BCUT2D eigenvalue weighted by Gasteiger charge is 2.37. The first-order valence-electron chi connectivity index (χ1n) is 24.8. The molecular weight excluding hydrogens is 955 g/mol. The molecule has 4 atom stereocenters. The number of fused-ring (bicyclic) bond motifs is 5. The summed E-state index contributed by atoms with van der Waals surface area (Å²) in [5.74, 6) is -3.05. The van der Waals surface area contributed by atoms with Crippen LogP contribution in [0.2, 0.25) is 0 Å². The van der Waals surface area contributed by atoms with E-state index in [1.807, 2.05) is 30.3 Å². The molecule has 73 heavy (non-hydrogen) atoms. The van der Waals surface area contributed by atoms with Crippen LogP contribution in [0.4, 0.5) is 0 Å². The molecule has 0 unspecified atom stereocenters. The van der Waals surface area contributed by atoms with Crippen LogP contribution in [0.15, 0.2) is 60.7 Å². The van der Waals surface area contributed by atoms with E-state index in [1.165, 1.54) is 25.3 Å². The number of carbonyl (C=O) groups is 5. The first-order valence-corrected chi connectivity index (χ1v) is 26.3. The second-order valence-corrected chi connectivity index (χ2v) is 20.1. The fourth-order valence-electron chi connectivity index (χ4n) is 9.45. The van der Waals surface area contributed by atoms with E-state index in [0.717, 1.165) is 31.4 Å². The maximum atomic E-state index is 15.1. The monoisotopic (exact) mass is 1020 g/mol. The topological polar surface area (TPSA) is 302 Å². The largest absolute Gasteiger partial charge is 0.492 e. The number of rotatable bonds is 21. The molecule has 0 spiro atoms. The minimum absolute atomic E-state index is 0.0546. The second kappa shape index (κ2) is 25.8. The van der Waals surface area contributed by atoms with Crippen molar-refractivity contribution in [2.24, 2.45) is 28.4 Å². The van der Waals surface area contributed by atoms with Crippen molar-refractivity contribution in [2.75, 3.05) is 39.9 Å². The van der Waals surface area contributed by atoms with Crippen molar-refractivity contribution in [1.29, 1.82) is 5.26 Å². The lowest BCUT2D eigenvalue weighted by Crippen LogP contribution is -2.46. The highest BCUT2D eigenvalue weighted by molar-refractivity contribution is 7.87. The van der Waals surface area contributed by atoms with Crippen LogP contribution in [0, 0.1) is 37.0 Å². The van der Waals surface area contributed by atoms with Gasteiger partial charge < -0.3 is 35.9 Å². The number of carbonyl (C=O) groups excluding carboxylic acids is 5. The van der Waals surface area contributed by atoms with Gasteiger partial charge in [0.15, 0.2) is 23.2 Å². The average Bonchev–Trinajstić information content (AvgIpc) is 3.36. The van der Waals surface area contributed by atoms with E-state index in [0.29, 0.717) is 56.5 Å². The summed E-state index contributed by atoms with van der Waals surface area (Å²) in [5, 5.41) is 17.4. The first-order chi connectivity index (χ1) is 34.9. The summed E-state index contributed by atoms with van der Waals surface area (Å²) in [4.78, 5) is 82.5. The van der Waals surface area contributed by atoms with Gasteiger partial charge in [-0.25, -0.2) is 19.8 Å². The van der Waals surface area contributed by atoms with Crippen molar-refractivity contribution >= 4 is 39.4 Å². The highest BCUT2D eigenvalue weighted by Crippen LogP contribution is 2.41. The number of ether oxygens (including phenoxy) is 3. The van der Waals surface area contributed by atoms with E-state index in [-0.39, 0.29) is 82.4 Å². The summed E-state index contributed by atoms with van der Waals surface area (Å²) in [6, 6.07) is 17.2. The van der Waals surface area contributed by atoms with Gasteiger partial charge in [-0.1, -0.05) is 25.5 Å². The van der Waals surface area contributed by atoms with Crippen molar-refractivity contribution in [1.82, 2.24) is 24.9 Å². The molecule has 4 aromatic rings. The predicted octanol–water partition coefficient (Wildman–Crippen LogP) is 4.89. The number of nitrogens with zero attached hydrogens (tertiary/aromatic N) is 4. The molecule has 8 N–H and O–H groups in total. The van der Waals surface area contributed by atoms with E-state index >= 15 is 4.79 Å². The van der Waals surface area contributed by atoms with Gasteiger partial charge in [0.05, 0.1) is 35.2 Å². The van der Waals surface area contributed by atoms with Gasteiger partial charge in [-0.15, -0.1) is 0 Å². The number of nitriles is 1. The number of ketones is 3. The van der Waals surface area contributed by atoms with E-state index in [9.17, 15) is 32.9 Å². The molecule has 1 saturated carbocycles. The highest BCUT2D eigenvalue weighted by atomic mass is 32.2. The summed E-state index contributed by atoms with van der Waals surface area (Å²) in [5.41, 5.74) is 15.2. The molecule has 390 valence electrons. The van der Waals surface area contributed by atoms with Crippen LogP contribution in [0.3, 0.4) is 0 Å². The van der Waals surface area contributed by atoms with Gasteiger partial charge in [0.1, 0.15) is 36.5 Å². The number of hydrogen-bond acceptors (Lipinski definition) is 15. The molecule has 6 rings (SSSR count). The van der Waals surface area contributed by atoms with E-state index in [4.69, 9.17) is 40.8 Å². The molecule has 0 saturated heterocycles. The van der Waals surface area contributed by atoms with Crippen LogP contribution >= 0.6 is 0 Å². The summed E-state index contributed by atoms with van der Waals surface area (Å²) in [6.07, 6.45) is 4.56. The Morgan fingerprint density at radius 3 is 2.15 bits per heavy atom. The van der Waals surface area contributed by atoms with Crippen LogP contribution in [0.5, 0.6) is 17.2 Å². The van der Waals surface area contributed by atoms with Crippen LogP contribution in [0.25, 0.3) is 22.5 Å². The molecular formula is C53H67N9O10S. The van der Waals surface area contributed by atoms with Crippen LogP contribution in [0.1, 0.15) is 110 Å². The number of hydrogen-bond donors (Lipinski definition) is 5. The Labute approximate surface area is 427 Å². The van der Waals surface area contributed by atoms with Gasteiger partial charge in [-0.3, -0.25) is 24.0 Å². The quantitative estimate of drug-likeness (QED) is 0.0694. The lowest BCUT2D eigenvalue weighted by molar-refractivity contribution is -0.142. The third-order valence-corrected chi connectivity index (χ3v) is 13.7. The number of aryl methyl sites for hydroxylation is 2. The molecule has 3 aromatic carbocycles. The smallest absolute Gasteiger partial charge is 0.274 e. The number of benzene rings is 3. The second-order valence-electron chi connectivity index (χ2n) is 18.7. The van der Waals surface area contributed by atoms with Crippen LogP contribution < -0.4 is 40.9 Å². The summed E-state index contributed by atoms with van der Waals surface area (Å²) < 4.78 is 44.8. The molecule has 2 aliphatic rings. The van der Waals surface area contributed by atoms with E-state index in [2.05, 4.69) is 10.0 Å². The fraction of sp³-hybridized carbons (Fsp3) is 0.472. The van der Waals surface area contributed by atoms with Crippen LogP contribution in [-0.2, 0) is 35.8 Å². The molecule has 19 nitrogen and oxygen atoms in total. The Hall–Kier alpha value is -6.63. The van der Waals surface area contributed by atoms with Gasteiger partial charge in [0.25, 0.3) is 10.2 Å². The van der Waals surface area contributed by atoms with Gasteiger partial charge in [-0.2, -0.15) is 13.7 Å². The molecule has 1 fully saturated rings. The Morgan fingerprint density at radius 2 is 1.53 bits per heavy atom. The van der Waals surface area contributed by atoms with Crippen LogP contribution in [-0.4, -0.2) is 104 Å². The van der Waals surface area contributed by atoms with Gasteiger partial charge in [-0.05, 0) is 112 Å². The molecule has 4 bridgehead atoms. The molecule has 0 radical (unpaired) electrons. The van der Waals surface area contributed by atoms with E-state index < -0.39 is 63.9 Å². The minimum Gasteiger partial charge on any atom is -0.492 e. The summed E-state index contributed by atoms with van der Waals surface area (Å²) >= 11 is 0. The normalized spacial score (nSPS) is 17.9. The zero-order chi connectivity index (χ0) is 52.8. The van der Waals surface area contributed by atoms with Crippen molar-refractivity contribution in [3.8, 4) is 45.8 Å². The zero-order valence-electron chi connectivity index (χ0n) is 42.0. The first kappa shape index (κ1) is 55.7. The number of aromatic nitrogens is 2. The van der Waals surface area contributed by atoms with Gasteiger partial charge in [0.2, 0.25) is 11.8 Å². The Balaban J connectivity index is 1.38. The van der Waals surface area contributed by atoms with Gasteiger partial charge in [0, 0.05) is 80.9 Å². The Bertz CT molecular complexity index is 2770. The predicted molar refractivity (Wildman–Crippen MR) is 273 cm³/mol. The number of amides is 2. The molecule has 20 heteroatoms. The Kier molecular flexibility index (Phi) is 19.7. The maximum Gasteiger partial charge on any atom is 0.274 e. The average molecular weight is 1020 g/mol. The third kappa shape index (κ3) is 15.0. The van der Waals surface area contributed by atoms with Crippen molar-refractivity contribution in [2.45, 2.75) is 110 Å². The van der Waals surface area contributed by atoms with Crippen molar-refractivity contribution in [3.63, 3.8) is 0 Å². The molecule has 2 amide bonds. The SMILES string of the molecule is Cc1nc(-c2ccc(OC3CCCCC3)cc2)nc(C)c1C(=O)C[C@@H](CCNS(N)(=O)=O)C(=O)N(C)[C@@H]1C(=O)C[C@@H](C)C(=O)N[C@H](C(=O)CCC#N)Cc2ccc(OCCN)c(c2)-c2cc1ccc2OCCN. The maximum absolute atomic E-state index is 15.1. The fourth-order valence-corrected chi connectivity index (χ4v) is 9.85. The molecule has 2 heterocycles. The standard InChI is InChI=1S/C53H67N9O10S/c1-32-27-46(65)50(37-15-19-48(71-26-23-56)42(30-37)41-28-35(12-18-47(41)70-25-22-55)29-43(61-52(32)66)44(63)11-8-21-54)62(4)53(67)38(20-24-58-73(57,68)69)31-45(64)49-33(2)59-51(60-34(49)3)36-13-16-40(17-14-36)72-39-9-6-5-7-10-39/h12-19,28,30,32,38-39,43,50,58H,5-11,20,22-27,29,31,55-56H2,1-4H3,(H,61,66)(H2,57,68,69)/t32-,38-,43+,50+/m1/s1. The lowest BCUT2D eigenvalue weighted by Gasteiger charge is -2.32. The van der Waals surface area contributed by atoms with Crippen molar-refractivity contribution < 1.29 is 46.6 Å². The third-order valence-electron chi connectivity index (χ3n) is 13.1. The summed E-state index contributed by atoms with van der Waals surface area (Å²) in [6.45, 7) is 5.15. The molecule has 1 aliphatic heterocycles.